The van der Waals surface area contributed by atoms with Gasteiger partial charge in [0.25, 0.3) is 17.4 Å². The van der Waals surface area contributed by atoms with Crippen LogP contribution >= 0.6 is 7.81 Å². The number of amides is 2. The second kappa shape index (κ2) is 8.51. The van der Waals surface area contributed by atoms with E-state index in [4.69, 9.17) is 4.84 Å². The van der Waals surface area contributed by atoms with Gasteiger partial charge in [0, 0.05) is 41.6 Å². The van der Waals surface area contributed by atoms with Gasteiger partial charge in [0.15, 0.2) is 6.67 Å². The van der Waals surface area contributed by atoms with Crippen LogP contribution in [-0.4, -0.2) is 64.8 Å². The third kappa shape index (κ3) is 5.55. The number of quaternary nitrogens is 1. The molecule has 4 heterocycles. The van der Waals surface area contributed by atoms with E-state index >= 15 is 0 Å². The molecule has 0 spiro atoms. The van der Waals surface area contributed by atoms with Crippen LogP contribution in [0.3, 0.4) is 0 Å². The Hall–Kier alpha value is -4.04. The summed E-state index contributed by atoms with van der Waals surface area (Å²) in [4.78, 5) is 58.2. The molecule has 0 bridgehead atoms. The summed E-state index contributed by atoms with van der Waals surface area (Å²) in [5, 5.41) is 7.78. The van der Waals surface area contributed by atoms with Crippen LogP contribution in [-0.2, 0) is 21.0 Å². The topological polar surface area (TPSA) is 101 Å². The van der Waals surface area contributed by atoms with E-state index in [9.17, 15) is 44.4 Å². The number of aryl methyl sites for hydroxylation is 1. The summed E-state index contributed by atoms with van der Waals surface area (Å²) >= 11 is 0. The summed E-state index contributed by atoms with van der Waals surface area (Å²) < 4.78 is 61.2. The van der Waals surface area contributed by atoms with E-state index in [0.29, 0.717) is 21.4 Å². The average molecular weight is 619 g/mol. The molecule has 10 nitrogen and oxygen atoms in total. The van der Waals surface area contributed by atoms with E-state index in [0.717, 1.165) is 39.7 Å². The first-order valence-corrected chi connectivity index (χ1v) is 14.5. The summed E-state index contributed by atoms with van der Waals surface area (Å²) in [5.74, 6) is -2.03. The van der Waals surface area contributed by atoms with Crippen molar-refractivity contribution in [1.29, 1.82) is 0 Å². The zero-order chi connectivity index (χ0) is 31.2. The average Bonchev–Trinajstić information content (AvgIpc) is 3.33. The SMILES string of the molecule is Cc1nn2c(=O)c3cc4c(c5cccc(c53)c2c1C(=O)ON1C(=O)CCC1=O)N(C)C[N+](C)(C)C4.F[P-](F)(F)(F)(F)F. The number of aromatic nitrogens is 2. The van der Waals surface area contributed by atoms with Gasteiger partial charge in [-0.1, -0.05) is 18.2 Å². The third-order valence-corrected chi connectivity index (χ3v) is 6.91. The van der Waals surface area contributed by atoms with Crippen molar-refractivity contribution in [3.05, 3.63) is 51.4 Å². The van der Waals surface area contributed by atoms with Gasteiger partial charge in [-0.05, 0) is 13.0 Å². The summed E-state index contributed by atoms with van der Waals surface area (Å²) in [6.07, 6.45) is -0.00688. The van der Waals surface area contributed by atoms with Crippen LogP contribution < -0.4 is 10.5 Å². The van der Waals surface area contributed by atoms with Crippen molar-refractivity contribution in [3.8, 4) is 0 Å². The molecular weight excluding hydrogens is 595 g/mol. The Kier molecular flexibility index (Phi) is 5.96. The molecule has 2 aromatic carbocycles. The van der Waals surface area contributed by atoms with Crippen molar-refractivity contribution in [2.45, 2.75) is 26.3 Å². The molecule has 0 unspecified atom stereocenters. The van der Waals surface area contributed by atoms with Crippen LogP contribution in [0.1, 0.15) is 34.5 Å². The number of halogens is 6. The quantitative estimate of drug-likeness (QED) is 0.129. The van der Waals surface area contributed by atoms with Crippen LogP contribution in [0.4, 0.5) is 30.9 Å². The fraction of sp³-hybridized carbons (Fsp3) is 0.320. The van der Waals surface area contributed by atoms with E-state index in [1.54, 1.807) is 6.92 Å². The van der Waals surface area contributed by atoms with Crippen LogP contribution in [0.15, 0.2) is 29.1 Å². The van der Waals surface area contributed by atoms with Crippen LogP contribution in [0.5, 0.6) is 0 Å². The summed E-state index contributed by atoms with van der Waals surface area (Å²) in [7, 11) is -4.32. The molecule has 0 saturated carbocycles. The maximum absolute atomic E-state index is 13.7. The first-order valence-electron chi connectivity index (χ1n) is 12.4. The molecule has 1 saturated heterocycles. The number of rotatable bonds is 2. The maximum atomic E-state index is 13.7. The van der Waals surface area contributed by atoms with Crippen LogP contribution in [0.2, 0.25) is 0 Å². The number of imide groups is 1. The number of anilines is 1. The van der Waals surface area contributed by atoms with Gasteiger partial charge < -0.3 is 14.2 Å². The Balaban J connectivity index is 0.000000451. The molecule has 2 aliphatic heterocycles. The van der Waals surface area contributed by atoms with Crippen LogP contribution in [0, 0.1) is 6.92 Å². The molecule has 6 rings (SSSR count). The predicted molar refractivity (Wildman–Crippen MR) is 142 cm³/mol. The van der Waals surface area contributed by atoms with E-state index < -0.39 is 25.6 Å². The molecule has 4 aromatic rings. The predicted octanol–water partition coefficient (Wildman–Crippen LogP) is 5.33. The fourth-order valence-electron chi connectivity index (χ4n) is 5.69. The Morgan fingerprint density at radius 2 is 1.55 bits per heavy atom. The number of hydroxylamine groups is 2. The van der Waals surface area contributed by atoms with Gasteiger partial charge in [-0.25, -0.2) is 4.79 Å². The number of hydrogen-bond acceptors (Lipinski definition) is 7. The van der Waals surface area contributed by atoms with E-state index in [1.165, 1.54) is 4.52 Å². The molecule has 0 atom stereocenters. The van der Waals surface area contributed by atoms with Crippen molar-refractivity contribution in [2.24, 2.45) is 0 Å². The summed E-state index contributed by atoms with van der Waals surface area (Å²) in [5.41, 5.74) is 2.47. The van der Waals surface area contributed by atoms with Crippen molar-refractivity contribution in [1.82, 2.24) is 14.7 Å². The number of carbonyl (C=O) groups is 3. The van der Waals surface area contributed by atoms with Crippen molar-refractivity contribution in [2.75, 3.05) is 32.7 Å². The number of benzene rings is 2. The fourth-order valence-corrected chi connectivity index (χ4v) is 5.69. The van der Waals surface area contributed by atoms with Crippen LogP contribution in [0.25, 0.3) is 27.1 Å². The molecule has 0 N–H and O–H groups in total. The van der Waals surface area contributed by atoms with Crippen molar-refractivity contribution < 1.29 is 48.9 Å². The van der Waals surface area contributed by atoms with Crippen molar-refractivity contribution >= 4 is 58.3 Å². The monoisotopic (exact) mass is 619 g/mol. The number of carbonyl (C=O) groups excluding carboxylic acids is 3. The summed E-state index contributed by atoms with van der Waals surface area (Å²) in [6.45, 7) is 3.19. The Morgan fingerprint density at radius 1 is 0.976 bits per heavy atom. The van der Waals surface area contributed by atoms with E-state index in [1.807, 2.05) is 31.3 Å². The van der Waals surface area contributed by atoms with Gasteiger partial charge in [-0.3, -0.25) is 14.4 Å². The zero-order valence-electron chi connectivity index (χ0n) is 22.6. The Bertz CT molecular complexity index is 1880. The minimum absolute atomic E-state index is 0.00344. The second-order valence-corrected chi connectivity index (χ2v) is 13.0. The molecule has 17 heteroatoms. The normalized spacial score (nSPS) is 18.6. The minimum atomic E-state index is -10.7. The number of nitrogens with zero attached hydrogens (tertiary/aromatic N) is 5. The van der Waals surface area contributed by atoms with Crippen molar-refractivity contribution in [3.63, 3.8) is 0 Å². The van der Waals surface area contributed by atoms with Gasteiger partial charge in [-0.2, -0.15) is 9.61 Å². The zero-order valence-corrected chi connectivity index (χ0v) is 23.5. The summed E-state index contributed by atoms with van der Waals surface area (Å²) in [6, 6.07) is 7.69. The Morgan fingerprint density at radius 3 is 2.14 bits per heavy atom. The van der Waals surface area contributed by atoms with E-state index in [-0.39, 0.29) is 29.7 Å². The number of hydrogen-bond donors (Lipinski definition) is 0. The van der Waals surface area contributed by atoms with Gasteiger partial charge >= 0.3 is 39.0 Å². The molecule has 0 aliphatic carbocycles. The van der Waals surface area contributed by atoms with Gasteiger partial charge in [0.1, 0.15) is 12.1 Å². The molecule has 0 radical (unpaired) electrons. The molecule has 2 aromatic heterocycles. The van der Waals surface area contributed by atoms with E-state index in [2.05, 4.69) is 24.1 Å². The molecular formula is C25H24F6N5O5P. The van der Waals surface area contributed by atoms with Gasteiger partial charge in [0.05, 0.1) is 36.4 Å². The number of pyridine rings is 1. The Labute approximate surface area is 232 Å². The standard InChI is InChI=1S/C25H24N5O5.F6P/c1-13-20(25(34)35-29-18(31)8-9-19(29)32)23-16-7-5-6-15-21(16)17(24(33)28(23)26-13)10-14-11-30(3,4)12-27(2)22(14)15;1-7(2,3,4,5)6/h5-7,10H,8-9,11-12H2,1-4H3;/q+1;-1. The second-order valence-electron chi connectivity index (χ2n) is 11.0. The first kappa shape index (κ1) is 29.5. The van der Waals surface area contributed by atoms with Gasteiger partial charge in [-0.15, -0.1) is 5.06 Å². The molecule has 42 heavy (non-hydrogen) atoms. The molecule has 226 valence electrons. The molecule has 2 amide bonds. The molecule has 1 fully saturated rings. The number of fused-ring (bicyclic) bond motifs is 4. The first-order chi connectivity index (χ1) is 19.0. The third-order valence-electron chi connectivity index (χ3n) is 6.91. The van der Waals surface area contributed by atoms with Gasteiger partial charge in [0.2, 0.25) is 0 Å². The molecule has 2 aliphatic rings.